The first-order valence-corrected chi connectivity index (χ1v) is 14.5. The van der Waals surface area contributed by atoms with Crippen molar-refractivity contribution in [1.82, 2.24) is 10.2 Å². The fourth-order valence-corrected chi connectivity index (χ4v) is 4.90. The number of halogens is 1. The van der Waals surface area contributed by atoms with Gasteiger partial charge in [-0.15, -0.1) is 0 Å². The molecule has 0 fully saturated rings. The van der Waals surface area contributed by atoms with Gasteiger partial charge in [-0.05, 0) is 75.4 Å². The second kappa shape index (κ2) is 13.1. The van der Waals surface area contributed by atoms with Crippen LogP contribution in [0.5, 0.6) is 0 Å². The first-order chi connectivity index (χ1) is 16.8. The van der Waals surface area contributed by atoms with Crippen LogP contribution in [0.15, 0.2) is 42.5 Å². The lowest BCUT2D eigenvalue weighted by molar-refractivity contribution is -0.140. The highest BCUT2D eigenvalue weighted by molar-refractivity contribution is 7.92. The van der Waals surface area contributed by atoms with Crippen LogP contribution in [0.2, 0.25) is 5.02 Å². The lowest BCUT2D eigenvalue weighted by Gasteiger charge is -2.30. The highest BCUT2D eigenvalue weighted by atomic mass is 35.5. The minimum absolute atomic E-state index is 0.0153. The third-order valence-corrected chi connectivity index (χ3v) is 7.96. The number of amides is 2. The summed E-state index contributed by atoms with van der Waals surface area (Å²) in [5, 5.41) is 3.45. The number of carbonyl (C=O) groups excluding carboxylic acids is 2. The van der Waals surface area contributed by atoms with E-state index in [1.54, 1.807) is 19.1 Å². The van der Waals surface area contributed by atoms with Crippen LogP contribution < -0.4 is 9.62 Å². The van der Waals surface area contributed by atoms with Crippen molar-refractivity contribution in [2.24, 2.45) is 0 Å². The summed E-state index contributed by atoms with van der Waals surface area (Å²) in [5.74, 6) is -0.479. The predicted octanol–water partition coefficient (Wildman–Crippen LogP) is 4.84. The summed E-state index contributed by atoms with van der Waals surface area (Å²) in [6, 6.07) is 12.0. The van der Waals surface area contributed by atoms with Gasteiger partial charge in [0.25, 0.3) is 0 Å². The highest BCUT2D eigenvalue weighted by Gasteiger charge is 2.27. The van der Waals surface area contributed by atoms with E-state index in [-0.39, 0.29) is 37.4 Å². The molecule has 0 aliphatic carbocycles. The van der Waals surface area contributed by atoms with E-state index in [1.165, 1.54) is 9.21 Å². The zero-order valence-corrected chi connectivity index (χ0v) is 23.6. The zero-order chi connectivity index (χ0) is 27.0. The topological polar surface area (TPSA) is 86.8 Å². The number of benzene rings is 2. The SMILES string of the molecule is CC[C@H](C)NC(=O)[C@@H](C)N(Cc1ccccc1Cl)C(=O)CCCN(c1ccc(C)c(C)c1)S(C)(=O)=O. The van der Waals surface area contributed by atoms with Crippen LogP contribution in [0.25, 0.3) is 0 Å². The number of aryl methyl sites for hydroxylation is 2. The van der Waals surface area contributed by atoms with Crippen molar-refractivity contribution in [3.8, 4) is 0 Å². The summed E-state index contributed by atoms with van der Waals surface area (Å²) in [4.78, 5) is 27.7. The smallest absolute Gasteiger partial charge is 0.242 e. The van der Waals surface area contributed by atoms with Crippen molar-refractivity contribution in [1.29, 1.82) is 0 Å². The van der Waals surface area contributed by atoms with Crippen molar-refractivity contribution in [2.45, 2.75) is 72.5 Å². The third-order valence-electron chi connectivity index (χ3n) is 6.40. The molecule has 0 heterocycles. The lowest BCUT2D eigenvalue weighted by Crippen LogP contribution is -2.49. The summed E-state index contributed by atoms with van der Waals surface area (Å²) in [6.07, 6.45) is 2.32. The van der Waals surface area contributed by atoms with Crippen molar-refractivity contribution in [3.63, 3.8) is 0 Å². The number of nitrogens with zero attached hydrogens (tertiary/aromatic N) is 2. The average Bonchev–Trinajstić information content (AvgIpc) is 2.81. The Balaban J connectivity index is 2.20. The Bertz CT molecular complexity index is 1170. The summed E-state index contributed by atoms with van der Waals surface area (Å²) in [7, 11) is -3.54. The zero-order valence-electron chi connectivity index (χ0n) is 22.0. The molecular weight excluding hydrogens is 498 g/mol. The third kappa shape index (κ3) is 8.23. The molecule has 7 nitrogen and oxygen atoms in total. The summed E-state index contributed by atoms with van der Waals surface area (Å²) in [5.41, 5.74) is 3.37. The minimum atomic E-state index is -3.54. The first kappa shape index (κ1) is 29.6. The summed E-state index contributed by atoms with van der Waals surface area (Å²) < 4.78 is 26.3. The van der Waals surface area contributed by atoms with Gasteiger partial charge >= 0.3 is 0 Å². The maximum absolute atomic E-state index is 13.4. The second-order valence-corrected chi connectivity index (χ2v) is 11.6. The lowest BCUT2D eigenvalue weighted by atomic mass is 10.1. The molecule has 1 N–H and O–H groups in total. The van der Waals surface area contributed by atoms with Gasteiger partial charge in [0.05, 0.1) is 11.9 Å². The number of carbonyl (C=O) groups is 2. The van der Waals surface area contributed by atoms with E-state index >= 15 is 0 Å². The Morgan fingerprint density at radius 1 is 1.06 bits per heavy atom. The van der Waals surface area contributed by atoms with Crippen LogP contribution in [0.3, 0.4) is 0 Å². The molecule has 0 aliphatic rings. The monoisotopic (exact) mass is 535 g/mol. The molecule has 0 bridgehead atoms. The van der Waals surface area contributed by atoms with Gasteiger partial charge in [0.2, 0.25) is 21.8 Å². The molecule has 36 heavy (non-hydrogen) atoms. The molecule has 2 aromatic rings. The summed E-state index contributed by atoms with van der Waals surface area (Å²) in [6.45, 7) is 9.82. The Morgan fingerprint density at radius 3 is 2.31 bits per heavy atom. The molecule has 0 saturated heterocycles. The molecule has 0 spiro atoms. The first-order valence-electron chi connectivity index (χ1n) is 12.2. The van der Waals surface area contributed by atoms with Gasteiger partial charge in [-0.2, -0.15) is 0 Å². The molecule has 9 heteroatoms. The number of anilines is 1. The molecular formula is C27H38ClN3O4S. The number of hydrogen-bond donors (Lipinski definition) is 1. The molecule has 0 unspecified atom stereocenters. The van der Waals surface area contributed by atoms with Crippen molar-refractivity contribution >= 4 is 39.1 Å². The van der Waals surface area contributed by atoms with E-state index in [0.717, 1.165) is 29.4 Å². The number of hydrogen-bond acceptors (Lipinski definition) is 4. The fraction of sp³-hybridized carbons (Fsp3) is 0.481. The van der Waals surface area contributed by atoms with E-state index in [1.807, 2.05) is 58.0 Å². The molecule has 2 aromatic carbocycles. The van der Waals surface area contributed by atoms with Gasteiger partial charge in [-0.1, -0.05) is 42.8 Å². The fourth-order valence-electron chi connectivity index (χ4n) is 3.74. The van der Waals surface area contributed by atoms with Crippen LogP contribution in [-0.2, 0) is 26.2 Å². The largest absolute Gasteiger partial charge is 0.352 e. The number of sulfonamides is 1. The standard InChI is InChI=1S/C27H38ClN3O4S/c1-7-21(4)29-27(33)22(5)30(18-23-11-8-9-12-25(23)28)26(32)13-10-16-31(36(6,34)35)24-15-14-19(2)20(3)17-24/h8-9,11-12,14-15,17,21-22H,7,10,13,16,18H2,1-6H3,(H,29,33)/t21-,22+/m0/s1. The van der Waals surface area contributed by atoms with Gasteiger partial charge in [-0.25, -0.2) is 8.42 Å². The van der Waals surface area contributed by atoms with Crippen LogP contribution in [0, 0.1) is 13.8 Å². The summed E-state index contributed by atoms with van der Waals surface area (Å²) >= 11 is 6.34. The molecule has 0 saturated carbocycles. The Hall–Kier alpha value is -2.58. The Labute approximate surface area is 220 Å². The van der Waals surface area contributed by atoms with Crippen LogP contribution in [0.1, 0.15) is 56.7 Å². The second-order valence-electron chi connectivity index (χ2n) is 9.31. The van der Waals surface area contributed by atoms with Crippen LogP contribution >= 0.6 is 11.6 Å². The molecule has 198 valence electrons. The van der Waals surface area contributed by atoms with E-state index < -0.39 is 16.1 Å². The van der Waals surface area contributed by atoms with Gasteiger partial charge in [0, 0.05) is 30.6 Å². The molecule has 2 rings (SSSR count). The number of nitrogens with one attached hydrogen (secondary N) is 1. The van der Waals surface area contributed by atoms with Gasteiger partial charge in [0.15, 0.2) is 0 Å². The van der Waals surface area contributed by atoms with Crippen LogP contribution in [-0.4, -0.2) is 50.0 Å². The highest BCUT2D eigenvalue weighted by Crippen LogP contribution is 2.23. The van der Waals surface area contributed by atoms with Crippen molar-refractivity contribution in [3.05, 3.63) is 64.2 Å². The van der Waals surface area contributed by atoms with Crippen LogP contribution in [0.4, 0.5) is 5.69 Å². The molecule has 0 radical (unpaired) electrons. The van der Waals surface area contributed by atoms with Gasteiger partial charge < -0.3 is 10.2 Å². The van der Waals surface area contributed by atoms with Crippen molar-refractivity contribution in [2.75, 3.05) is 17.1 Å². The average molecular weight is 536 g/mol. The molecule has 0 aliphatic heterocycles. The predicted molar refractivity (Wildman–Crippen MR) is 147 cm³/mol. The Kier molecular flexibility index (Phi) is 10.8. The quantitative estimate of drug-likeness (QED) is 0.421. The van der Waals surface area contributed by atoms with E-state index in [2.05, 4.69) is 5.32 Å². The van der Waals surface area contributed by atoms with Gasteiger partial charge in [-0.3, -0.25) is 13.9 Å². The minimum Gasteiger partial charge on any atom is -0.352 e. The van der Waals surface area contributed by atoms with E-state index in [9.17, 15) is 18.0 Å². The maximum Gasteiger partial charge on any atom is 0.242 e. The maximum atomic E-state index is 13.4. The van der Waals surface area contributed by atoms with E-state index in [0.29, 0.717) is 17.1 Å². The van der Waals surface area contributed by atoms with Gasteiger partial charge in [0.1, 0.15) is 6.04 Å². The molecule has 2 amide bonds. The molecule has 0 aromatic heterocycles. The van der Waals surface area contributed by atoms with E-state index in [4.69, 9.17) is 11.6 Å². The number of rotatable bonds is 12. The normalized spacial score (nSPS) is 13.1. The molecule has 2 atom stereocenters. The van der Waals surface area contributed by atoms with Crippen molar-refractivity contribution < 1.29 is 18.0 Å². The Morgan fingerprint density at radius 2 is 1.72 bits per heavy atom.